The van der Waals surface area contributed by atoms with E-state index in [-0.39, 0.29) is 18.6 Å². The van der Waals surface area contributed by atoms with Gasteiger partial charge in [-0.2, -0.15) is 5.10 Å². The van der Waals surface area contributed by atoms with Gasteiger partial charge in [0.05, 0.1) is 24.4 Å². The molecule has 0 aliphatic rings. The predicted octanol–water partition coefficient (Wildman–Crippen LogP) is 1.63. The number of aromatic amines is 1. The number of aromatic nitrogens is 2. The van der Waals surface area contributed by atoms with Crippen LogP contribution in [0, 0.1) is 11.8 Å². The molecule has 1 atom stereocenters. The summed E-state index contributed by atoms with van der Waals surface area (Å²) in [4.78, 5) is 12.0. The lowest BCUT2D eigenvalue weighted by molar-refractivity contribution is 0.0940. The highest BCUT2D eigenvalue weighted by Crippen LogP contribution is 2.14. The molecule has 3 N–H and O–H groups in total. The Balaban J connectivity index is 2.06. The SMILES string of the molecule is CC(NC(=O)c1cn[nH]c1)c1cccc(C#CCCO)c1. The third kappa shape index (κ3) is 4.20. The van der Waals surface area contributed by atoms with Crippen LogP contribution in [0.1, 0.15) is 40.9 Å². The van der Waals surface area contributed by atoms with Crippen molar-refractivity contribution in [3.63, 3.8) is 0 Å². The number of H-pyrrole nitrogens is 1. The molecule has 1 aromatic carbocycles. The van der Waals surface area contributed by atoms with Crippen LogP contribution in [-0.2, 0) is 0 Å². The van der Waals surface area contributed by atoms with Crippen LogP contribution in [0.2, 0.25) is 0 Å². The van der Waals surface area contributed by atoms with Crippen LogP contribution in [0.5, 0.6) is 0 Å². The Labute approximate surface area is 123 Å². The van der Waals surface area contributed by atoms with Crippen molar-refractivity contribution >= 4 is 5.91 Å². The normalized spacial score (nSPS) is 11.3. The first-order valence-electron chi connectivity index (χ1n) is 6.70. The van der Waals surface area contributed by atoms with Crippen LogP contribution < -0.4 is 5.32 Å². The summed E-state index contributed by atoms with van der Waals surface area (Å²) in [7, 11) is 0. The number of hydrogen-bond acceptors (Lipinski definition) is 3. The van der Waals surface area contributed by atoms with E-state index in [0.29, 0.717) is 12.0 Å². The smallest absolute Gasteiger partial charge is 0.254 e. The average molecular weight is 283 g/mol. The average Bonchev–Trinajstić information content (AvgIpc) is 3.02. The van der Waals surface area contributed by atoms with Gasteiger partial charge in [-0.3, -0.25) is 9.89 Å². The zero-order chi connectivity index (χ0) is 15.1. The largest absolute Gasteiger partial charge is 0.395 e. The van der Waals surface area contributed by atoms with E-state index in [1.54, 1.807) is 6.20 Å². The molecule has 1 amide bonds. The molecular formula is C16H17N3O2. The minimum Gasteiger partial charge on any atom is -0.395 e. The molecule has 108 valence electrons. The monoisotopic (exact) mass is 283 g/mol. The molecule has 0 radical (unpaired) electrons. The first-order valence-corrected chi connectivity index (χ1v) is 6.70. The highest BCUT2D eigenvalue weighted by atomic mass is 16.2. The molecule has 0 bridgehead atoms. The number of carbonyl (C=O) groups excluding carboxylic acids is 1. The summed E-state index contributed by atoms with van der Waals surface area (Å²) in [5, 5.41) is 18.0. The Kier molecular flexibility index (Phi) is 5.13. The van der Waals surface area contributed by atoms with Crippen molar-refractivity contribution in [1.82, 2.24) is 15.5 Å². The molecule has 0 spiro atoms. The van der Waals surface area contributed by atoms with Gasteiger partial charge in [-0.25, -0.2) is 0 Å². The second-order valence-electron chi connectivity index (χ2n) is 4.58. The minimum atomic E-state index is -0.173. The summed E-state index contributed by atoms with van der Waals surface area (Å²) < 4.78 is 0. The van der Waals surface area contributed by atoms with Gasteiger partial charge in [-0.05, 0) is 24.6 Å². The van der Waals surface area contributed by atoms with Crippen molar-refractivity contribution in [2.24, 2.45) is 0 Å². The van der Waals surface area contributed by atoms with Crippen molar-refractivity contribution in [1.29, 1.82) is 0 Å². The zero-order valence-corrected chi connectivity index (χ0v) is 11.8. The predicted molar refractivity (Wildman–Crippen MR) is 79.5 cm³/mol. The molecular weight excluding hydrogens is 266 g/mol. The van der Waals surface area contributed by atoms with Gasteiger partial charge in [0, 0.05) is 18.2 Å². The fourth-order valence-electron chi connectivity index (χ4n) is 1.84. The molecule has 0 aliphatic carbocycles. The fourth-order valence-corrected chi connectivity index (χ4v) is 1.84. The number of aliphatic hydroxyl groups excluding tert-OH is 1. The van der Waals surface area contributed by atoms with Gasteiger partial charge in [-0.15, -0.1) is 0 Å². The van der Waals surface area contributed by atoms with Crippen LogP contribution in [0.4, 0.5) is 0 Å². The number of nitrogens with zero attached hydrogens (tertiary/aromatic N) is 1. The Morgan fingerprint density at radius 3 is 3.10 bits per heavy atom. The highest BCUT2D eigenvalue weighted by molar-refractivity contribution is 5.93. The third-order valence-electron chi connectivity index (χ3n) is 2.96. The molecule has 0 aliphatic heterocycles. The molecule has 0 saturated heterocycles. The molecule has 1 aromatic heterocycles. The van der Waals surface area contributed by atoms with Crippen LogP contribution >= 0.6 is 0 Å². The standard InChI is InChI=1S/C16H17N3O2/c1-12(19-16(21)15-10-17-18-11-15)14-7-4-6-13(9-14)5-2-3-8-20/h4,6-7,9-12,20H,3,8H2,1H3,(H,17,18)(H,19,21). The summed E-state index contributed by atoms with van der Waals surface area (Å²) in [5.41, 5.74) is 2.34. The van der Waals surface area contributed by atoms with Crippen LogP contribution in [0.15, 0.2) is 36.7 Å². The Morgan fingerprint density at radius 1 is 1.52 bits per heavy atom. The molecule has 0 fully saturated rings. The summed E-state index contributed by atoms with van der Waals surface area (Å²) in [6, 6.07) is 7.55. The lowest BCUT2D eigenvalue weighted by atomic mass is 10.0. The molecule has 2 aromatic rings. The molecule has 1 unspecified atom stereocenters. The van der Waals surface area contributed by atoms with Crippen LogP contribution in [0.3, 0.4) is 0 Å². The van der Waals surface area contributed by atoms with E-state index >= 15 is 0 Å². The number of amides is 1. The van der Waals surface area contributed by atoms with Crippen molar-refractivity contribution in [3.05, 3.63) is 53.3 Å². The highest BCUT2D eigenvalue weighted by Gasteiger charge is 2.12. The molecule has 5 nitrogen and oxygen atoms in total. The Bertz CT molecular complexity index is 654. The van der Waals surface area contributed by atoms with Gasteiger partial charge in [0.1, 0.15) is 0 Å². The Hall–Kier alpha value is -2.58. The fraction of sp³-hybridized carbons (Fsp3) is 0.250. The maximum atomic E-state index is 12.0. The number of rotatable bonds is 4. The van der Waals surface area contributed by atoms with Crippen molar-refractivity contribution < 1.29 is 9.90 Å². The number of carbonyl (C=O) groups is 1. The summed E-state index contributed by atoms with van der Waals surface area (Å²) in [6.45, 7) is 1.97. The van der Waals surface area contributed by atoms with Gasteiger partial charge < -0.3 is 10.4 Å². The number of nitrogens with one attached hydrogen (secondary N) is 2. The first kappa shape index (κ1) is 14.8. The van der Waals surface area contributed by atoms with Crippen molar-refractivity contribution in [2.75, 3.05) is 6.61 Å². The quantitative estimate of drug-likeness (QED) is 0.746. The van der Waals surface area contributed by atoms with E-state index in [1.165, 1.54) is 6.20 Å². The third-order valence-corrected chi connectivity index (χ3v) is 2.96. The summed E-state index contributed by atoms with van der Waals surface area (Å²) in [6.07, 6.45) is 3.49. The maximum absolute atomic E-state index is 12.0. The van der Waals surface area contributed by atoms with Crippen LogP contribution in [-0.4, -0.2) is 27.8 Å². The molecule has 2 rings (SSSR count). The second-order valence-corrected chi connectivity index (χ2v) is 4.58. The lowest BCUT2D eigenvalue weighted by Crippen LogP contribution is -2.26. The molecule has 21 heavy (non-hydrogen) atoms. The van der Waals surface area contributed by atoms with Gasteiger partial charge in [0.2, 0.25) is 0 Å². The summed E-state index contributed by atoms with van der Waals surface area (Å²) >= 11 is 0. The van der Waals surface area contributed by atoms with Crippen molar-refractivity contribution in [2.45, 2.75) is 19.4 Å². The number of aliphatic hydroxyl groups is 1. The number of hydrogen-bond donors (Lipinski definition) is 3. The maximum Gasteiger partial charge on any atom is 0.254 e. The van der Waals surface area contributed by atoms with E-state index < -0.39 is 0 Å². The van der Waals surface area contributed by atoms with Crippen molar-refractivity contribution in [3.8, 4) is 11.8 Å². The lowest BCUT2D eigenvalue weighted by Gasteiger charge is -2.14. The number of benzene rings is 1. The van der Waals surface area contributed by atoms with Gasteiger partial charge >= 0.3 is 0 Å². The Morgan fingerprint density at radius 2 is 2.38 bits per heavy atom. The first-order chi connectivity index (χ1) is 10.2. The van der Waals surface area contributed by atoms with Gasteiger partial charge in [0.15, 0.2) is 0 Å². The minimum absolute atomic E-state index is 0.0594. The van der Waals surface area contributed by atoms with E-state index in [0.717, 1.165) is 11.1 Å². The van der Waals surface area contributed by atoms with Gasteiger partial charge in [0.25, 0.3) is 5.91 Å². The van der Waals surface area contributed by atoms with Crippen LogP contribution in [0.25, 0.3) is 0 Å². The molecule has 1 heterocycles. The van der Waals surface area contributed by atoms with E-state index in [1.807, 2.05) is 31.2 Å². The molecule has 0 saturated carbocycles. The topological polar surface area (TPSA) is 78.0 Å². The second kappa shape index (κ2) is 7.27. The zero-order valence-electron chi connectivity index (χ0n) is 11.8. The van der Waals surface area contributed by atoms with E-state index in [2.05, 4.69) is 27.4 Å². The van der Waals surface area contributed by atoms with E-state index in [9.17, 15) is 4.79 Å². The van der Waals surface area contributed by atoms with Gasteiger partial charge in [-0.1, -0.05) is 24.0 Å². The molecule has 5 heteroatoms. The summed E-state index contributed by atoms with van der Waals surface area (Å²) in [5.74, 6) is 5.69. The van der Waals surface area contributed by atoms with E-state index in [4.69, 9.17) is 5.11 Å².